The molecule has 0 saturated heterocycles. The molecule has 8 heteroatoms. The summed E-state index contributed by atoms with van der Waals surface area (Å²) in [5.41, 5.74) is 0.238. The van der Waals surface area contributed by atoms with Gasteiger partial charge in [0.25, 0.3) is 5.91 Å². The third-order valence-electron chi connectivity index (χ3n) is 4.29. The Morgan fingerprint density at radius 3 is 2.54 bits per heavy atom. The topological polar surface area (TPSA) is 93.8 Å². The van der Waals surface area contributed by atoms with Crippen molar-refractivity contribution in [3.63, 3.8) is 0 Å². The van der Waals surface area contributed by atoms with Gasteiger partial charge in [-0.05, 0) is 12.8 Å². The number of amides is 2. The van der Waals surface area contributed by atoms with E-state index in [-0.39, 0.29) is 23.4 Å². The summed E-state index contributed by atoms with van der Waals surface area (Å²) in [5, 5.41) is 13.8. The van der Waals surface area contributed by atoms with Gasteiger partial charge in [-0.1, -0.05) is 19.3 Å². The van der Waals surface area contributed by atoms with E-state index in [4.69, 9.17) is 0 Å². The Hall–Kier alpha value is -2.64. The van der Waals surface area contributed by atoms with Gasteiger partial charge in [0, 0.05) is 38.3 Å². The summed E-state index contributed by atoms with van der Waals surface area (Å²) in [6.45, 7) is 0. The van der Waals surface area contributed by atoms with Crippen LogP contribution in [-0.4, -0.2) is 31.4 Å². The van der Waals surface area contributed by atoms with E-state index in [1.807, 2.05) is 0 Å². The van der Waals surface area contributed by atoms with Crippen molar-refractivity contribution in [3.8, 4) is 0 Å². The maximum atomic E-state index is 12.3. The van der Waals surface area contributed by atoms with Crippen molar-refractivity contribution < 1.29 is 9.59 Å². The average molecular weight is 330 g/mol. The van der Waals surface area contributed by atoms with E-state index in [0.29, 0.717) is 11.6 Å². The van der Waals surface area contributed by atoms with Crippen LogP contribution in [0.5, 0.6) is 0 Å². The summed E-state index contributed by atoms with van der Waals surface area (Å²) in [4.78, 5) is 24.6. The zero-order valence-electron chi connectivity index (χ0n) is 14.0. The van der Waals surface area contributed by atoms with E-state index in [1.54, 1.807) is 37.1 Å². The van der Waals surface area contributed by atoms with Crippen LogP contribution in [0.3, 0.4) is 0 Å². The van der Waals surface area contributed by atoms with Gasteiger partial charge in [-0.2, -0.15) is 10.2 Å². The molecule has 0 aliphatic heterocycles. The van der Waals surface area contributed by atoms with Gasteiger partial charge in [0.1, 0.15) is 5.82 Å². The SMILES string of the molecule is Cn1ccc(NC(=O)c2cc(NC(=O)C3CCCCC3)n(C)n2)n1. The molecule has 1 aliphatic carbocycles. The largest absolute Gasteiger partial charge is 0.311 e. The fourth-order valence-corrected chi connectivity index (χ4v) is 2.95. The van der Waals surface area contributed by atoms with Crippen molar-refractivity contribution >= 4 is 23.5 Å². The highest BCUT2D eigenvalue weighted by Gasteiger charge is 2.23. The quantitative estimate of drug-likeness (QED) is 0.895. The first-order valence-electron chi connectivity index (χ1n) is 8.19. The molecule has 0 radical (unpaired) electrons. The molecular formula is C16H22N6O2. The molecule has 2 amide bonds. The monoisotopic (exact) mass is 330 g/mol. The molecule has 128 valence electrons. The minimum Gasteiger partial charge on any atom is -0.311 e. The number of anilines is 2. The van der Waals surface area contributed by atoms with E-state index in [0.717, 1.165) is 25.7 Å². The molecule has 2 N–H and O–H groups in total. The molecule has 0 unspecified atom stereocenters. The maximum absolute atomic E-state index is 12.3. The van der Waals surface area contributed by atoms with Crippen LogP contribution in [0.15, 0.2) is 18.3 Å². The van der Waals surface area contributed by atoms with E-state index >= 15 is 0 Å². The molecule has 0 aromatic carbocycles. The molecule has 3 rings (SSSR count). The number of carbonyl (C=O) groups is 2. The van der Waals surface area contributed by atoms with Crippen LogP contribution < -0.4 is 10.6 Å². The van der Waals surface area contributed by atoms with Crippen molar-refractivity contribution in [1.82, 2.24) is 19.6 Å². The lowest BCUT2D eigenvalue weighted by Gasteiger charge is -2.20. The second kappa shape index (κ2) is 6.86. The summed E-state index contributed by atoms with van der Waals surface area (Å²) < 4.78 is 3.11. The van der Waals surface area contributed by atoms with Crippen LogP contribution in [0, 0.1) is 5.92 Å². The maximum Gasteiger partial charge on any atom is 0.277 e. The van der Waals surface area contributed by atoms with E-state index in [9.17, 15) is 9.59 Å². The molecular weight excluding hydrogens is 308 g/mol. The van der Waals surface area contributed by atoms with Crippen molar-refractivity contribution in [2.24, 2.45) is 20.0 Å². The zero-order valence-corrected chi connectivity index (χ0v) is 14.0. The van der Waals surface area contributed by atoms with Crippen molar-refractivity contribution in [3.05, 3.63) is 24.0 Å². The fraction of sp³-hybridized carbons (Fsp3) is 0.500. The van der Waals surface area contributed by atoms with Gasteiger partial charge in [0.15, 0.2) is 11.5 Å². The van der Waals surface area contributed by atoms with Crippen LogP contribution >= 0.6 is 0 Å². The zero-order chi connectivity index (χ0) is 17.1. The second-order valence-electron chi connectivity index (χ2n) is 6.19. The van der Waals surface area contributed by atoms with Crippen molar-refractivity contribution in [2.75, 3.05) is 10.6 Å². The van der Waals surface area contributed by atoms with Crippen LogP contribution in [0.2, 0.25) is 0 Å². The highest BCUT2D eigenvalue weighted by atomic mass is 16.2. The predicted octanol–water partition coefficient (Wildman–Crippen LogP) is 1.92. The van der Waals surface area contributed by atoms with Gasteiger partial charge in [-0.25, -0.2) is 0 Å². The lowest BCUT2D eigenvalue weighted by molar-refractivity contribution is -0.120. The molecule has 0 atom stereocenters. The molecule has 8 nitrogen and oxygen atoms in total. The highest BCUT2D eigenvalue weighted by molar-refractivity contribution is 6.03. The van der Waals surface area contributed by atoms with Crippen LogP contribution in [0.4, 0.5) is 11.6 Å². The van der Waals surface area contributed by atoms with Gasteiger partial charge >= 0.3 is 0 Å². The first-order valence-corrected chi connectivity index (χ1v) is 8.19. The molecule has 1 fully saturated rings. The number of carbonyl (C=O) groups excluding carboxylic acids is 2. The Balaban J connectivity index is 1.65. The van der Waals surface area contributed by atoms with Gasteiger partial charge in [0.05, 0.1) is 0 Å². The van der Waals surface area contributed by atoms with Crippen molar-refractivity contribution in [1.29, 1.82) is 0 Å². The lowest BCUT2D eigenvalue weighted by atomic mass is 9.89. The Bertz CT molecular complexity index is 742. The molecule has 1 aliphatic rings. The van der Waals surface area contributed by atoms with Gasteiger partial charge in [-0.15, -0.1) is 0 Å². The van der Waals surface area contributed by atoms with E-state index < -0.39 is 0 Å². The molecule has 0 bridgehead atoms. The first-order chi connectivity index (χ1) is 11.5. The van der Waals surface area contributed by atoms with E-state index in [1.165, 1.54) is 11.1 Å². The molecule has 2 aromatic rings. The third-order valence-corrected chi connectivity index (χ3v) is 4.29. The fourth-order valence-electron chi connectivity index (χ4n) is 2.95. The first kappa shape index (κ1) is 16.2. The number of nitrogens with one attached hydrogen (secondary N) is 2. The summed E-state index contributed by atoms with van der Waals surface area (Å²) in [5.74, 6) is 0.689. The van der Waals surface area contributed by atoms with Crippen LogP contribution in [0.25, 0.3) is 0 Å². The van der Waals surface area contributed by atoms with Gasteiger partial charge in [-0.3, -0.25) is 19.0 Å². The minimum atomic E-state index is -0.359. The highest BCUT2D eigenvalue weighted by Crippen LogP contribution is 2.25. The number of nitrogens with zero attached hydrogens (tertiary/aromatic N) is 4. The average Bonchev–Trinajstić information content (AvgIpc) is 3.14. The third kappa shape index (κ3) is 3.64. The van der Waals surface area contributed by atoms with Gasteiger partial charge < -0.3 is 10.6 Å². The number of rotatable bonds is 4. The minimum absolute atomic E-state index is 0.00869. The number of aryl methyl sites for hydroxylation is 2. The summed E-state index contributed by atoms with van der Waals surface area (Å²) in [6.07, 6.45) is 6.99. The molecule has 24 heavy (non-hydrogen) atoms. The number of aromatic nitrogens is 4. The molecule has 0 spiro atoms. The smallest absolute Gasteiger partial charge is 0.277 e. The van der Waals surface area contributed by atoms with Crippen LogP contribution in [0.1, 0.15) is 42.6 Å². The summed E-state index contributed by atoms with van der Waals surface area (Å²) in [7, 11) is 3.48. The Morgan fingerprint density at radius 1 is 1.12 bits per heavy atom. The normalized spacial score (nSPS) is 15.2. The molecule has 2 heterocycles. The number of hydrogen-bond donors (Lipinski definition) is 2. The molecule has 2 aromatic heterocycles. The second-order valence-corrected chi connectivity index (χ2v) is 6.19. The Morgan fingerprint density at radius 2 is 1.88 bits per heavy atom. The van der Waals surface area contributed by atoms with Crippen LogP contribution in [-0.2, 0) is 18.9 Å². The summed E-state index contributed by atoms with van der Waals surface area (Å²) >= 11 is 0. The molecule has 1 saturated carbocycles. The number of hydrogen-bond acceptors (Lipinski definition) is 4. The lowest BCUT2D eigenvalue weighted by Crippen LogP contribution is -2.25. The van der Waals surface area contributed by atoms with Gasteiger partial charge in [0.2, 0.25) is 5.91 Å². The summed E-state index contributed by atoms with van der Waals surface area (Å²) in [6, 6.07) is 3.28. The Kier molecular flexibility index (Phi) is 4.64. The predicted molar refractivity (Wildman–Crippen MR) is 89.6 cm³/mol. The Labute approximate surface area is 140 Å². The van der Waals surface area contributed by atoms with Crippen molar-refractivity contribution in [2.45, 2.75) is 32.1 Å². The standard InChI is InChI=1S/C16H22N6O2/c1-21-9-8-13(20-21)17-16(24)12-10-14(22(2)19-12)18-15(23)11-6-4-3-5-7-11/h8-11H,3-7H2,1-2H3,(H,18,23)(H,17,20,24). The van der Waals surface area contributed by atoms with E-state index in [2.05, 4.69) is 20.8 Å².